The van der Waals surface area contributed by atoms with Gasteiger partial charge in [0.2, 0.25) is 5.91 Å². The van der Waals surface area contributed by atoms with E-state index in [1.54, 1.807) is 31.2 Å². The molecule has 2 N–H and O–H groups in total. The lowest BCUT2D eigenvalue weighted by atomic mass is 10.1. The van der Waals surface area contributed by atoms with E-state index in [0.717, 1.165) is 12.8 Å². The molecule has 1 aromatic carbocycles. The van der Waals surface area contributed by atoms with Crippen LogP contribution in [-0.4, -0.2) is 24.5 Å². The van der Waals surface area contributed by atoms with Crippen LogP contribution in [0.4, 0.5) is 0 Å². The molecule has 0 aliphatic rings. The summed E-state index contributed by atoms with van der Waals surface area (Å²) >= 11 is 0. The van der Waals surface area contributed by atoms with Crippen LogP contribution in [0.3, 0.4) is 0 Å². The molecule has 2 amide bonds. The molecule has 5 heteroatoms. The zero-order valence-corrected chi connectivity index (χ0v) is 16.6. The van der Waals surface area contributed by atoms with Crippen LogP contribution >= 0.6 is 0 Å². The molecule has 1 aromatic rings. The Morgan fingerprint density at radius 3 is 2.22 bits per heavy atom. The molecule has 5 nitrogen and oxygen atoms in total. The second kappa shape index (κ2) is 14.0. The van der Waals surface area contributed by atoms with E-state index >= 15 is 0 Å². The Labute approximate surface area is 163 Å². The van der Waals surface area contributed by atoms with Crippen molar-refractivity contribution in [2.24, 2.45) is 0 Å². The van der Waals surface area contributed by atoms with E-state index in [0.29, 0.717) is 17.7 Å². The molecule has 27 heavy (non-hydrogen) atoms. The van der Waals surface area contributed by atoms with Gasteiger partial charge < -0.3 is 4.84 Å². The molecule has 0 spiro atoms. The summed E-state index contributed by atoms with van der Waals surface area (Å²) in [5, 5.41) is 2.35. The van der Waals surface area contributed by atoms with Gasteiger partial charge in [0.25, 0.3) is 5.91 Å². The predicted molar refractivity (Wildman–Crippen MR) is 108 cm³/mol. The minimum absolute atomic E-state index is 0.384. The molecule has 0 aromatic heterocycles. The first-order valence-electron chi connectivity index (χ1n) is 9.87. The van der Waals surface area contributed by atoms with E-state index in [1.165, 1.54) is 38.5 Å². The molecule has 0 saturated carbocycles. The van der Waals surface area contributed by atoms with Crippen LogP contribution in [-0.2, 0) is 9.63 Å². The van der Waals surface area contributed by atoms with Gasteiger partial charge in [-0.25, -0.2) is 0 Å². The van der Waals surface area contributed by atoms with E-state index in [1.807, 2.05) is 0 Å². The number of terminal acetylenes is 1. The first-order valence-corrected chi connectivity index (χ1v) is 9.87. The Balaban J connectivity index is 2.13. The van der Waals surface area contributed by atoms with Gasteiger partial charge in [-0.3, -0.25) is 14.9 Å². The molecule has 0 bridgehead atoms. The number of imide groups is 1. The van der Waals surface area contributed by atoms with Crippen LogP contribution < -0.4 is 10.8 Å². The largest absolute Gasteiger partial charge is 0.301 e. The molecule has 0 radical (unpaired) electrons. The Morgan fingerprint density at radius 2 is 1.63 bits per heavy atom. The normalized spacial score (nSPS) is 11.6. The van der Waals surface area contributed by atoms with Crippen molar-refractivity contribution in [1.82, 2.24) is 10.8 Å². The van der Waals surface area contributed by atoms with Gasteiger partial charge in [-0.05, 0) is 37.6 Å². The zero-order chi connectivity index (χ0) is 19.9. The number of hydroxylamine groups is 1. The Bertz CT molecular complexity index is 605. The summed E-state index contributed by atoms with van der Waals surface area (Å²) in [5.74, 6) is 1.59. The van der Waals surface area contributed by atoms with Crippen LogP contribution in [0.5, 0.6) is 0 Å². The first-order chi connectivity index (χ1) is 13.1. The number of nitrogens with one attached hydrogen (secondary N) is 2. The first kappa shape index (κ1) is 22.9. The highest BCUT2D eigenvalue weighted by Gasteiger charge is 2.16. The predicted octanol–water partition coefficient (Wildman–Crippen LogP) is 3.97. The summed E-state index contributed by atoms with van der Waals surface area (Å²) in [6, 6.07) is 5.89. The third-order valence-corrected chi connectivity index (χ3v) is 4.30. The Kier molecular flexibility index (Phi) is 11.8. The van der Waals surface area contributed by atoms with Gasteiger partial charge in [0.1, 0.15) is 6.04 Å². The second-order valence-corrected chi connectivity index (χ2v) is 6.70. The molecule has 0 saturated heterocycles. The lowest BCUT2D eigenvalue weighted by molar-refractivity contribution is -0.125. The van der Waals surface area contributed by atoms with Crippen LogP contribution in [0.15, 0.2) is 24.3 Å². The van der Waals surface area contributed by atoms with E-state index in [-0.39, 0.29) is 0 Å². The van der Waals surface area contributed by atoms with Gasteiger partial charge in [-0.15, -0.1) is 6.42 Å². The van der Waals surface area contributed by atoms with Gasteiger partial charge >= 0.3 is 0 Å². The summed E-state index contributed by atoms with van der Waals surface area (Å²) in [7, 11) is 0. The maximum atomic E-state index is 12.0. The fourth-order valence-corrected chi connectivity index (χ4v) is 2.56. The van der Waals surface area contributed by atoms with Crippen molar-refractivity contribution in [2.75, 3.05) is 6.61 Å². The van der Waals surface area contributed by atoms with E-state index in [2.05, 4.69) is 23.6 Å². The number of amides is 2. The van der Waals surface area contributed by atoms with Crippen molar-refractivity contribution in [3.8, 4) is 12.3 Å². The number of carbonyl (C=O) groups excluding carboxylic acids is 2. The average Bonchev–Trinajstić information content (AvgIpc) is 2.69. The monoisotopic (exact) mass is 372 g/mol. The standard InChI is InChI=1S/C22H32N2O3/c1-4-6-7-8-9-10-11-12-17-27-24-18(3)21(25)23-22(26)20-15-13-19(5-2)14-16-20/h2,13-16,18,24H,4,6-12,17H2,1,3H3,(H,23,25,26). The third-order valence-electron chi connectivity index (χ3n) is 4.30. The lowest BCUT2D eigenvalue weighted by Crippen LogP contribution is -2.44. The average molecular weight is 373 g/mol. The van der Waals surface area contributed by atoms with E-state index < -0.39 is 17.9 Å². The number of rotatable bonds is 13. The molecular weight excluding hydrogens is 340 g/mol. The molecule has 148 valence electrons. The Morgan fingerprint density at radius 1 is 1.04 bits per heavy atom. The maximum Gasteiger partial charge on any atom is 0.257 e. The van der Waals surface area contributed by atoms with Crippen molar-refractivity contribution >= 4 is 11.8 Å². The highest BCUT2D eigenvalue weighted by atomic mass is 16.6. The number of benzene rings is 1. The smallest absolute Gasteiger partial charge is 0.257 e. The van der Waals surface area contributed by atoms with Gasteiger partial charge in [0.05, 0.1) is 6.61 Å². The highest BCUT2D eigenvalue weighted by Crippen LogP contribution is 2.08. The van der Waals surface area contributed by atoms with Crippen LogP contribution in [0.1, 0.15) is 81.1 Å². The highest BCUT2D eigenvalue weighted by molar-refractivity contribution is 6.05. The molecular formula is C22H32N2O3. The fourth-order valence-electron chi connectivity index (χ4n) is 2.56. The van der Waals surface area contributed by atoms with Crippen molar-refractivity contribution < 1.29 is 14.4 Å². The minimum atomic E-state index is -0.618. The summed E-state index contributed by atoms with van der Waals surface area (Å²) < 4.78 is 0. The quantitative estimate of drug-likeness (QED) is 0.312. The maximum absolute atomic E-state index is 12.0. The Hall–Kier alpha value is -2.16. The van der Waals surface area contributed by atoms with Crippen LogP contribution in [0.25, 0.3) is 0 Å². The molecule has 1 unspecified atom stereocenters. The van der Waals surface area contributed by atoms with E-state index in [9.17, 15) is 9.59 Å². The van der Waals surface area contributed by atoms with Gasteiger partial charge in [-0.1, -0.05) is 57.8 Å². The SMILES string of the molecule is C#Cc1ccc(C(=O)NC(=O)C(C)NOCCCCCCCCCC)cc1. The number of hydrogen-bond acceptors (Lipinski definition) is 4. The second-order valence-electron chi connectivity index (χ2n) is 6.70. The van der Waals surface area contributed by atoms with Crippen molar-refractivity contribution in [2.45, 2.75) is 71.3 Å². The molecule has 0 aliphatic carbocycles. The fraction of sp³-hybridized carbons (Fsp3) is 0.545. The third kappa shape index (κ3) is 9.93. The van der Waals surface area contributed by atoms with Crippen molar-refractivity contribution in [1.29, 1.82) is 0 Å². The minimum Gasteiger partial charge on any atom is -0.301 e. The van der Waals surface area contributed by atoms with Crippen LogP contribution in [0, 0.1) is 12.3 Å². The summed E-state index contributed by atoms with van der Waals surface area (Å²) in [6.45, 7) is 4.42. The van der Waals surface area contributed by atoms with Crippen molar-refractivity contribution in [3.63, 3.8) is 0 Å². The molecule has 1 atom stereocenters. The topological polar surface area (TPSA) is 67.4 Å². The molecule has 1 rings (SSSR count). The van der Waals surface area contributed by atoms with Gasteiger partial charge in [-0.2, -0.15) is 5.48 Å². The number of unbranched alkanes of at least 4 members (excludes halogenated alkanes) is 7. The number of carbonyl (C=O) groups is 2. The lowest BCUT2D eigenvalue weighted by Gasteiger charge is -2.13. The molecule has 0 heterocycles. The summed E-state index contributed by atoms with van der Waals surface area (Å²) in [5.41, 5.74) is 3.75. The van der Waals surface area contributed by atoms with E-state index in [4.69, 9.17) is 11.3 Å². The van der Waals surface area contributed by atoms with Gasteiger partial charge in [0.15, 0.2) is 0 Å². The zero-order valence-electron chi connectivity index (χ0n) is 16.6. The molecule has 0 fully saturated rings. The number of hydrogen-bond donors (Lipinski definition) is 2. The van der Waals surface area contributed by atoms with Crippen LogP contribution in [0.2, 0.25) is 0 Å². The summed E-state index contributed by atoms with van der Waals surface area (Å²) in [6.07, 6.45) is 15.1. The molecule has 0 aliphatic heterocycles. The van der Waals surface area contributed by atoms with Gasteiger partial charge in [0, 0.05) is 11.1 Å². The summed E-state index contributed by atoms with van der Waals surface area (Å²) in [4.78, 5) is 29.4. The van der Waals surface area contributed by atoms with Crippen molar-refractivity contribution in [3.05, 3.63) is 35.4 Å².